The number of hydrogen-bond donors (Lipinski definition) is 5. The summed E-state index contributed by atoms with van der Waals surface area (Å²) in [6, 6.07) is 0. The van der Waals surface area contributed by atoms with Gasteiger partial charge in [0.15, 0.2) is 18.7 Å². The van der Waals surface area contributed by atoms with E-state index in [4.69, 9.17) is 24.1 Å². The highest BCUT2D eigenvalue weighted by Crippen LogP contribution is 2.29. The van der Waals surface area contributed by atoms with E-state index in [1.807, 2.05) is 0 Å². The van der Waals surface area contributed by atoms with Gasteiger partial charge < -0.3 is 44.5 Å². The fraction of sp³-hybridized carbons (Fsp3) is 0.929. The van der Waals surface area contributed by atoms with Crippen molar-refractivity contribution in [1.82, 2.24) is 0 Å². The number of aliphatic hydroxyl groups is 4. The van der Waals surface area contributed by atoms with Crippen molar-refractivity contribution >= 4 is 5.97 Å². The van der Waals surface area contributed by atoms with Gasteiger partial charge in [-0.05, 0) is 6.92 Å². The number of carboxylic acid groups (broad SMARTS) is 1. The van der Waals surface area contributed by atoms with Crippen molar-refractivity contribution in [3.8, 4) is 0 Å². The first-order chi connectivity index (χ1) is 11.4. The summed E-state index contributed by atoms with van der Waals surface area (Å²) < 4.78 is 21.3. The van der Waals surface area contributed by atoms with E-state index in [9.17, 15) is 25.2 Å². The molecule has 24 heavy (non-hydrogen) atoms. The summed E-state index contributed by atoms with van der Waals surface area (Å²) in [5.74, 6) is -1.33. The predicted octanol–water partition coefficient (Wildman–Crippen LogP) is -2.20. The van der Waals surface area contributed by atoms with Gasteiger partial charge in [-0.2, -0.15) is 0 Å². The molecule has 2 heterocycles. The molecule has 0 aliphatic carbocycles. The highest BCUT2D eigenvalue weighted by Gasteiger charge is 2.46. The van der Waals surface area contributed by atoms with Gasteiger partial charge in [0.25, 0.3) is 0 Å². The Bertz CT molecular complexity index is 418. The van der Waals surface area contributed by atoms with Gasteiger partial charge in [-0.1, -0.05) is 0 Å². The Kier molecular flexibility index (Phi) is 6.89. The standard InChI is InChI=1S/C14H24O10/c1-2-21-9-4-7(17)12(13(23-9)14(19)20)24-10-3-6(16)11(18)8(5-15)22-10/h6-13,15-18H,2-5H2,1H3,(H,19,20)/t6-,7?,8?,9?,10?,11+,12+,13?/m1/s1. The normalized spacial score (nSPS) is 43.5. The number of rotatable bonds is 6. The fourth-order valence-electron chi connectivity index (χ4n) is 2.81. The summed E-state index contributed by atoms with van der Waals surface area (Å²) in [6.45, 7) is 1.46. The van der Waals surface area contributed by atoms with E-state index < -0.39 is 61.8 Å². The van der Waals surface area contributed by atoms with E-state index in [0.29, 0.717) is 6.61 Å². The molecule has 2 aliphatic heterocycles. The molecular weight excluding hydrogens is 328 g/mol. The molecule has 5 unspecified atom stereocenters. The topological polar surface area (TPSA) is 155 Å². The third kappa shape index (κ3) is 4.41. The van der Waals surface area contributed by atoms with Crippen molar-refractivity contribution in [3.05, 3.63) is 0 Å². The molecule has 0 bridgehead atoms. The molecule has 0 radical (unpaired) electrons. The van der Waals surface area contributed by atoms with Gasteiger partial charge in [0.1, 0.15) is 18.3 Å². The minimum atomic E-state index is -1.48. The van der Waals surface area contributed by atoms with E-state index >= 15 is 0 Å². The molecule has 0 aromatic carbocycles. The van der Waals surface area contributed by atoms with E-state index in [0.717, 1.165) is 0 Å². The predicted molar refractivity (Wildman–Crippen MR) is 75.8 cm³/mol. The quantitative estimate of drug-likeness (QED) is 0.355. The van der Waals surface area contributed by atoms with Crippen LogP contribution in [0.15, 0.2) is 0 Å². The second-order valence-electron chi connectivity index (χ2n) is 5.76. The molecule has 10 heteroatoms. The van der Waals surface area contributed by atoms with Crippen LogP contribution in [-0.2, 0) is 23.7 Å². The lowest BCUT2D eigenvalue weighted by molar-refractivity contribution is -0.315. The molecule has 2 rings (SSSR count). The van der Waals surface area contributed by atoms with Crippen LogP contribution in [0, 0.1) is 0 Å². The zero-order valence-corrected chi connectivity index (χ0v) is 13.2. The van der Waals surface area contributed by atoms with Gasteiger partial charge in [-0.15, -0.1) is 0 Å². The molecule has 0 amide bonds. The Morgan fingerprint density at radius 2 is 1.79 bits per heavy atom. The summed E-state index contributed by atoms with van der Waals surface area (Å²) in [5.41, 5.74) is 0. The zero-order valence-electron chi connectivity index (χ0n) is 13.2. The van der Waals surface area contributed by atoms with Crippen LogP contribution in [0.2, 0.25) is 0 Å². The first-order valence-corrected chi connectivity index (χ1v) is 7.83. The molecule has 8 atom stereocenters. The summed E-state index contributed by atoms with van der Waals surface area (Å²) in [6.07, 6.45) is -9.55. The molecule has 0 aromatic rings. The van der Waals surface area contributed by atoms with Crippen molar-refractivity contribution in [2.45, 2.75) is 69.0 Å². The van der Waals surface area contributed by atoms with Crippen LogP contribution in [0.1, 0.15) is 19.8 Å². The average molecular weight is 352 g/mol. The van der Waals surface area contributed by atoms with Gasteiger partial charge in [0.2, 0.25) is 0 Å². The minimum Gasteiger partial charge on any atom is -0.479 e. The number of aliphatic carboxylic acids is 1. The smallest absolute Gasteiger partial charge is 0.335 e. The molecular formula is C14H24O10. The Labute approximate surface area is 138 Å². The Morgan fingerprint density at radius 1 is 1.12 bits per heavy atom. The van der Waals surface area contributed by atoms with E-state index in [1.54, 1.807) is 6.92 Å². The number of hydrogen-bond acceptors (Lipinski definition) is 9. The van der Waals surface area contributed by atoms with Crippen molar-refractivity contribution in [3.63, 3.8) is 0 Å². The highest BCUT2D eigenvalue weighted by atomic mass is 16.7. The van der Waals surface area contributed by atoms with Gasteiger partial charge in [0.05, 0.1) is 18.8 Å². The van der Waals surface area contributed by atoms with Gasteiger partial charge in [-0.25, -0.2) is 4.79 Å². The third-order valence-corrected chi connectivity index (χ3v) is 4.03. The minimum absolute atomic E-state index is 0.0175. The summed E-state index contributed by atoms with van der Waals surface area (Å²) in [5, 5.41) is 48.1. The molecule has 2 fully saturated rings. The monoisotopic (exact) mass is 352 g/mol. The zero-order chi connectivity index (χ0) is 17.9. The Balaban J connectivity index is 2.04. The molecule has 0 saturated carbocycles. The molecule has 2 saturated heterocycles. The molecule has 5 N–H and O–H groups in total. The van der Waals surface area contributed by atoms with Gasteiger partial charge >= 0.3 is 5.97 Å². The maximum atomic E-state index is 11.4. The molecule has 0 spiro atoms. The van der Waals surface area contributed by atoms with E-state index in [1.165, 1.54) is 0 Å². The van der Waals surface area contributed by atoms with E-state index in [2.05, 4.69) is 0 Å². The van der Waals surface area contributed by atoms with Crippen LogP contribution in [0.5, 0.6) is 0 Å². The summed E-state index contributed by atoms with van der Waals surface area (Å²) in [7, 11) is 0. The first-order valence-electron chi connectivity index (χ1n) is 7.83. The number of aliphatic hydroxyl groups excluding tert-OH is 4. The summed E-state index contributed by atoms with van der Waals surface area (Å²) in [4.78, 5) is 11.4. The second-order valence-corrected chi connectivity index (χ2v) is 5.76. The first kappa shape index (κ1) is 19.5. The van der Waals surface area contributed by atoms with Crippen LogP contribution in [-0.4, -0.2) is 93.9 Å². The Morgan fingerprint density at radius 3 is 2.38 bits per heavy atom. The van der Waals surface area contributed by atoms with Crippen molar-refractivity contribution in [2.75, 3.05) is 13.2 Å². The Hall–Kier alpha value is -0.850. The summed E-state index contributed by atoms with van der Waals surface area (Å²) >= 11 is 0. The van der Waals surface area contributed by atoms with Crippen molar-refractivity contribution in [2.24, 2.45) is 0 Å². The lowest BCUT2D eigenvalue weighted by Gasteiger charge is -2.42. The molecule has 0 aromatic heterocycles. The average Bonchev–Trinajstić information content (AvgIpc) is 2.52. The van der Waals surface area contributed by atoms with Crippen LogP contribution in [0.4, 0.5) is 0 Å². The van der Waals surface area contributed by atoms with Gasteiger partial charge in [0, 0.05) is 19.4 Å². The molecule has 10 nitrogen and oxygen atoms in total. The number of carboxylic acids is 1. The third-order valence-electron chi connectivity index (χ3n) is 4.03. The second kappa shape index (κ2) is 8.50. The largest absolute Gasteiger partial charge is 0.479 e. The van der Waals surface area contributed by atoms with Gasteiger partial charge in [-0.3, -0.25) is 0 Å². The van der Waals surface area contributed by atoms with E-state index in [-0.39, 0.29) is 12.8 Å². The lowest BCUT2D eigenvalue weighted by Crippen LogP contribution is -2.57. The number of carbonyl (C=O) groups is 1. The number of ether oxygens (including phenoxy) is 4. The van der Waals surface area contributed by atoms with Crippen LogP contribution < -0.4 is 0 Å². The van der Waals surface area contributed by atoms with Crippen LogP contribution in [0.25, 0.3) is 0 Å². The maximum Gasteiger partial charge on any atom is 0.335 e. The molecule has 2 aliphatic rings. The maximum absolute atomic E-state index is 11.4. The fourth-order valence-corrected chi connectivity index (χ4v) is 2.81. The molecule has 140 valence electrons. The lowest BCUT2D eigenvalue weighted by atomic mass is 9.99. The highest BCUT2D eigenvalue weighted by molar-refractivity contribution is 5.73. The SMILES string of the molecule is CCOC1CC(O)[C@H](OC2C[C@@H](O)[C@H](O)C(CO)O2)C(C(=O)O)O1. The van der Waals surface area contributed by atoms with Crippen molar-refractivity contribution in [1.29, 1.82) is 0 Å². The van der Waals surface area contributed by atoms with Crippen LogP contribution in [0.3, 0.4) is 0 Å². The van der Waals surface area contributed by atoms with Crippen molar-refractivity contribution < 1.29 is 49.3 Å². The van der Waals surface area contributed by atoms with Crippen LogP contribution >= 0.6 is 0 Å².